The van der Waals surface area contributed by atoms with Crippen molar-refractivity contribution in [3.05, 3.63) is 57.4 Å². The first-order valence-electron chi connectivity index (χ1n) is 4.75. The first kappa shape index (κ1) is 12.4. The Bertz CT molecular complexity index is 634. The number of hydrogen-bond donors (Lipinski definition) is 0. The van der Waals surface area contributed by atoms with Gasteiger partial charge in [0.2, 0.25) is 5.15 Å². The van der Waals surface area contributed by atoms with Gasteiger partial charge in [-0.05, 0) is 24.3 Å². The zero-order valence-electron chi connectivity index (χ0n) is 8.73. The molecule has 0 saturated carbocycles. The van der Waals surface area contributed by atoms with E-state index in [0.717, 1.165) is 18.2 Å². The van der Waals surface area contributed by atoms with E-state index in [2.05, 4.69) is 4.98 Å². The molecule has 2 rings (SSSR count). The van der Waals surface area contributed by atoms with Crippen LogP contribution in [-0.4, -0.2) is 9.91 Å². The van der Waals surface area contributed by atoms with Gasteiger partial charge in [-0.25, -0.2) is 13.8 Å². The van der Waals surface area contributed by atoms with Crippen molar-refractivity contribution in [1.82, 2.24) is 4.98 Å². The molecule has 92 valence electrons. The molecule has 0 aliphatic carbocycles. The third-order valence-corrected chi connectivity index (χ3v) is 2.56. The summed E-state index contributed by atoms with van der Waals surface area (Å²) in [6.07, 6.45) is 1.19. The quantitative estimate of drug-likeness (QED) is 0.476. The van der Waals surface area contributed by atoms with E-state index in [1.54, 1.807) is 0 Å². The number of nitro groups is 1. The molecule has 2 aromatic rings. The van der Waals surface area contributed by atoms with Crippen LogP contribution in [-0.2, 0) is 0 Å². The van der Waals surface area contributed by atoms with Gasteiger partial charge in [0, 0.05) is 11.8 Å². The molecule has 18 heavy (non-hydrogen) atoms. The molecular formula is C11H5ClF2N2O2. The molecule has 0 unspecified atom stereocenters. The molecule has 7 heteroatoms. The minimum Gasteiger partial charge on any atom is -0.258 e. The van der Waals surface area contributed by atoms with E-state index in [4.69, 9.17) is 11.6 Å². The van der Waals surface area contributed by atoms with Crippen LogP contribution in [0.2, 0.25) is 5.15 Å². The second-order valence-electron chi connectivity index (χ2n) is 3.38. The minimum absolute atomic E-state index is 0.114. The van der Waals surface area contributed by atoms with Crippen molar-refractivity contribution in [2.75, 3.05) is 0 Å². The van der Waals surface area contributed by atoms with Gasteiger partial charge in [-0.15, -0.1) is 0 Å². The number of benzene rings is 1. The van der Waals surface area contributed by atoms with Crippen LogP contribution < -0.4 is 0 Å². The fraction of sp³-hybridized carbons (Fsp3) is 0. The Morgan fingerprint density at radius 1 is 1.22 bits per heavy atom. The highest BCUT2D eigenvalue weighted by Gasteiger charge is 2.23. The summed E-state index contributed by atoms with van der Waals surface area (Å²) in [7, 11) is 0. The largest absolute Gasteiger partial charge is 0.314 e. The standard InChI is InChI=1S/C11H5ClF2N2O2/c12-11-10(16(17)18)7(3-4-15-11)8-5-6(13)1-2-9(8)14/h1-5H. The van der Waals surface area contributed by atoms with Gasteiger partial charge in [0.1, 0.15) is 11.6 Å². The van der Waals surface area contributed by atoms with Crippen LogP contribution in [0.4, 0.5) is 14.5 Å². The third-order valence-electron chi connectivity index (χ3n) is 2.28. The first-order chi connectivity index (χ1) is 8.50. The molecule has 1 aromatic carbocycles. The summed E-state index contributed by atoms with van der Waals surface area (Å²) in [5.41, 5.74) is -0.897. The van der Waals surface area contributed by atoms with Crippen molar-refractivity contribution in [3.8, 4) is 11.1 Å². The maximum Gasteiger partial charge on any atom is 0.314 e. The zero-order chi connectivity index (χ0) is 13.3. The fourth-order valence-corrected chi connectivity index (χ4v) is 1.75. The second kappa shape index (κ2) is 4.66. The number of halogens is 3. The Kier molecular flexibility index (Phi) is 3.20. The Morgan fingerprint density at radius 3 is 2.61 bits per heavy atom. The number of pyridine rings is 1. The predicted octanol–water partition coefficient (Wildman–Crippen LogP) is 3.59. The van der Waals surface area contributed by atoms with E-state index >= 15 is 0 Å². The lowest BCUT2D eigenvalue weighted by molar-refractivity contribution is -0.384. The predicted molar refractivity (Wildman–Crippen MR) is 61.3 cm³/mol. The first-order valence-corrected chi connectivity index (χ1v) is 5.13. The van der Waals surface area contributed by atoms with Crippen LogP contribution in [0.3, 0.4) is 0 Å². The summed E-state index contributed by atoms with van der Waals surface area (Å²) in [6, 6.07) is 3.89. The van der Waals surface area contributed by atoms with Gasteiger partial charge < -0.3 is 0 Å². The maximum atomic E-state index is 13.6. The lowest BCUT2D eigenvalue weighted by Crippen LogP contribution is -1.96. The van der Waals surface area contributed by atoms with Crippen LogP contribution in [0.5, 0.6) is 0 Å². The molecule has 0 bridgehead atoms. The van der Waals surface area contributed by atoms with Crippen LogP contribution in [0, 0.1) is 21.7 Å². The number of rotatable bonds is 2. The lowest BCUT2D eigenvalue weighted by atomic mass is 10.0. The zero-order valence-corrected chi connectivity index (χ0v) is 9.49. The highest BCUT2D eigenvalue weighted by Crippen LogP contribution is 2.35. The van der Waals surface area contributed by atoms with Crippen LogP contribution in [0.25, 0.3) is 11.1 Å². The summed E-state index contributed by atoms with van der Waals surface area (Å²) >= 11 is 5.60. The Balaban J connectivity index is 2.75. The molecule has 1 aromatic heterocycles. The highest BCUT2D eigenvalue weighted by atomic mass is 35.5. The molecule has 1 heterocycles. The average molecular weight is 271 g/mol. The monoisotopic (exact) mass is 270 g/mol. The number of aromatic nitrogens is 1. The SMILES string of the molecule is O=[N+]([O-])c1c(-c2cc(F)ccc2F)ccnc1Cl. The van der Waals surface area contributed by atoms with E-state index in [1.807, 2.05) is 0 Å². The smallest absolute Gasteiger partial charge is 0.258 e. The fourth-order valence-electron chi connectivity index (χ4n) is 1.52. The second-order valence-corrected chi connectivity index (χ2v) is 3.74. The summed E-state index contributed by atoms with van der Waals surface area (Å²) in [6.45, 7) is 0. The third kappa shape index (κ3) is 2.14. The minimum atomic E-state index is -0.783. The van der Waals surface area contributed by atoms with E-state index in [1.165, 1.54) is 12.3 Å². The number of nitrogens with zero attached hydrogens (tertiary/aromatic N) is 2. The molecule has 0 radical (unpaired) electrons. The molecule has 0 aliphatic rings. The molecule has 0 atom stereocenters. The van der Waals surface area contributed by atoms with Crippen LogP contribution in [0.1, 0.15) is 0 Å². The van der Waals surface area contributed by atoms with Crippen molar-refractivity contribution in [3.63, 3.8) is 0 Å². The Morgan fingerprint density at radius 2 is 1.94 bits per heavy atom. The van der Waals surface area contributed by atoms with E-state index in [0.29, 0.717) is 0 Å². The lowest BCUT2D eigenvalue weighted by Gasteiger charge is -2.05. The van der Waals surface area contributed by atoms with Gasteiger partial charge in [-0.1, -0.05) is 11.6 Å². The van der Waals surface area contributed by atoms with Gasteiger partial charge in [0.25, 0.3) is 0 Å². The van der Waals surface area contributed by atoms with Crippen molar-refractivity contribution in [2.45, 2.75) is 0 Å². The van der Waals surface area contributed by atoms with Gasteiger partial charge in [-0.2, -0.15) is 0 Å². The molecule has 0 aliphatic heterocycles. The molecule has 0 saturated heterocycles. The molecule has 0 amide bonds. The topological polar surface area (TPSA) is 56.0 Å². The Labute approximate surface area is 105 Å². The summed E-state index contributed by atoms with van der Waals surface area (Å²) in [5.74, 6) is -1.48. The van der Waals surface area contributed by atoms with Crippen molar-refractivity contribution in [1.29, 1.82) is 0 Å². The van der Waals surface area contributed by atoms with E-state index in [9.17, 15) is 18.9 Å². The Hall–Kier alpha value is -2.08. The normalized spacial score (nSPS) is 10.4. The molecule has 4 nitrogen and oxygen atoms in total. The molecule has 0 N–H and O–H groups in total. The highest BCUT2D eigenvalue weighted by molar-refractivity contribution is 6.32. The van der Waals surface area contributed by atoms with Gasteiger partial charge in [0.05, 0.1) is 10.5 Å². The summed E-state index contributed by atoms with van der Waals surface area (Å²) in [4.78, 5) is 13.6. The molecular weight excluding hydrogens is 266 g/mol. The summed E-state index contributed by atoms with van der Waals surface area (Å²) in [5, 5.41) is 10.5. The van der Waals surface area contributed by atoms with Crippen molar-refractivity contribution >= 4 is 17.3 Å². The average Bonchev–Trinajstić information content (AvgIpc) is 2.31. The van der Waals surface area contributed by atoms with Gasteiger partial charge >= 0.3 is 5.69 Å². The van der Waals surface area contributed by atoms with Crippen LogP contribution >= 0.6 is 11.6 Å². The molecule has 0 fully saturated rings. The maximum absolute atomic E-state index is 13.6. The van der Waals surface area contributed by atoms with E-state index in [-0.39, 0.29) is 16.3 Å². The summed E-state index contributed by atoms with van der Waals surface area (Å²) < 4.78 is 26.7. The van der Waals surface area contributed by atoms with E-state index < -0.39 is 22.2 Å². The van der Waals surface area contributed by atoms with Gasteiger partial charge in [0.15, 0.2) is 0 Å². The van der Waals surface area contributed by atoms with Crippen molar-refractivity contribution < 1.29 is 13.7 Å². The van der Waals surface area contributed by atoms with Crippen molar-refractivity contribution in [2.24, 2.45) is 0 Å². The van der Waals surface area contributed by atoms with Crippen LogP contribution in [0.15, 0.2) is 30.5 Å². The van der Waals surface area contributed by atoms with Gasteiger partial charge in [-0.3, -0.25) is 10.1 Å². The molecule has 0 spiro atoms. The number of hydrogen-bond acceptors (Lipinski definition) is 3.